The number of carbonyl (C=O) groups excluding carboxylic acids is 1. The van der Waals surface area contributed by atoms with Crippen molar-refractivity contribution in [2.45, 2.75) is 19.9 Å². The van der Waals surface area contributed by atoms with E-state index in [-0.39, 0.29) is 12.1 Å². The number of nitrogens with zero attached hydrogens (tertiary/aromatic N) is 3. The van der Waals surface area contributed by atoms with Gasteiger partial charge in [0.25, 0.3) is 6.01 Å². The lowest BCUT2D eigenvalue weighted by Crippen LogP contribution is -2.58. The Hall–Kier alpha value is -3.54. The Morgan fingerprint density at radius 2 is 1.81 bits per heavy atom. The van der Waals surface area contributed by atoms with Crippen LogP contribution in [0.25, 0.3) is 21.9 Å². The predicted octanol–water partition coefficient (Wildman–Crippen LogP) is 5.36. The molecule has 31 heavy (non-hydrogen) atoms. The number of piperazine rings is 1. The molecule has 1 aliphatic rings. The Bertz CT molecular complexity index is 1190. The van der Waals surface area contributed by atoms with Crippen LogP contribution in [-0.2, 0) is 0 Å². The van der Waals surface area contributed by atoms with Gasteiger partial charge < -0.3 is 19.5 Å². The Morgan fingerprint density at radius 3 is 2.65 bits per heavy atom. The van der Waals surface area contributed by atoms with Crippen molar-refractivity contribution in [2.24, 2.45) is 5.92 Å². The Balaban J connectivity index is 1.36. The van der Waals surface area contributed by atoms with E-state index in [2.05, 4.69) is 41.2 Å². The van der Waals surface area contributed by atoms with Crippen molar-refractivity contribution in [2.75, 3.05) is 29.9 Å². The van der Waals surface area contributed by atoms with Crippen LogP contribution >= 0.6 is 0 Å². The number of hydrogen-bond acceptors (Lipinski definition) is 4. The van der Waals surface area contributed by atoms with Gasteiger partial charge in [0.2, 0.25) is 0 Å². The smallest absolute Gasteiger partial charge is 0.322 e. The fourth-order valence-electron chi connectivity index (χ4n) is 4.32. The standard InChI is InChI=1S/C25H26N4O2/c1-17(2)22-16-28(25-27-21-11-5-6-13-23(21)31-25)14-15-29(22)24(30)26-20-12-7-9-18-8-3-4-10-19(18)20/h3-13,17,22H,14-16H2,1-2H3,(H,26,30). The van der Waals surface area contributed by atoms with Gasteiger partial charge in [-0.1, -0.05) is 62.4 Å². The van der Waals surface area contributed by atoms with Gasteiger partial charge in [0.15, 0.2) is 5.58 Å². The number of rotatable bonds is 3. The number of urea groups is 1. The highest BCUT2D eigenvalue weighted by atomic mass is 16.4. The number of carbonyl (C=O) groups is 1. The number of hydrogen-bond donors (Lipinski definition) is 1. The first-order valence-electron chi connectivity index (χ1n) is 10.8. The van der Waals surface area contributed by atoms with Gasteiger partial charge in [-0.05, 0) is 29.5 Å². The molecule has 1 aromatic heterocycles. The molecule has 0 aliphatic carbocycles. The van der Waals surface area contributed by atoms with Crippen LogP contribution in [0.4, 0.5) is 16.5 Å². The summed E-state index contributed by atoms with van der Waals surface area (Å²) < 4.78 is 5.97. The summed E-state index contributed by atoms with van der Waals surface area (Å²) in [6.45, 7) is 6.28. The van der Waals surface area contributed by atoms with Crippen LogP contribution < -0.4 is 10.2 Å². The highest BCUT2D eigenvalue weighted by Crippen LogP contribution is 2.28. The quantitative estimate of drug-likeness (QED) is 0.490. The monoisotopic (exact) mass is 414 g/mol. The first-order chi connectivity index (χ1) is 15.1. The number of anilines is 2. The topological polar surface area (TPSA) is 61.6 Å². The molecule has 0 saturated carbocycles. The Morgan fingerprint density at radius 1 is 1.03 bits per heavy atom. The van der Waals surface area contributed by atoms with Crippen molar-refractivity contribution < 1.29 is 9.21 Å². The Labute approximate surface area is 181 Å². The van der Waals surface area contributed by atoms with Gasteiger partial charge in [0, 0.05) is 25.0 Å². The van der Waals surface area contributed by atoms with E-state index in [1.165, 1.54) is 0 Å². The molecule has 0 bridgehead atoms. The Kier molecular flexibility index (Phi) is 4.98. The van der Waals surface area contributed by atoms with E-state index in [0.717, 1.165) is 27.6 Å². The average molecular weight is 415 g/mol. The number of aromatic nitrogens is 1. The maximum atomic E-state index is 13.3. The van der Waals surface area contributed by atoms with Crippen LogP contribution in [0.3, 0.4) is 0 Å². The average Bonchev–Trinajstić information content (AvgIpc) is 3.23. The maximum Gasteiger partial charge on any atom is 0.322 e. The van der Waals surface area contributed by atoms with Crippen LogP contribution in [0.5, 0.6) is 0 Å². The second-order valence-electron chi connectivity index (χ2n) is 8.37. The van der Waals surface area contributed by atoms with Crippen LogP contribution in [0.15, 0.2) is 71.1 Å². The van der Waals surface area contributed by atoms with E-state index in [0.29, 0.717) is 31.6 Å². The van der Waals surface area contributed by atoms with Crippen molar-refractivity contribution >= 4 is 39.6 Å². The third-order valence-corrected chi connectivity index (χ3v) is 6.03. The van der Waals surface area contributed by atoms with Crippen molar-refractivity contribution in [3.63, 3.8) is 0 Å². The van der Waals surface area contributed by atoms with E-state index < -0.39 is 0 Å². The highest BCUT2D eigenvalue weighted by molar-refractivity contribution is 6.01. The minimum Gasteiger partial charge on any atom is -0.423 e. The fourth-order valence-corrected chi connectivity index (χ4v) is 4.32. The van der Waals surface area contributed by atoms with E-state index >= 15 is 0 Å². The number of fused-ring (bicyclic) bond motifs is 2. The first kappa shape index (κ1) is 19.4. The molecule has 5 rings (SSSR count). The summed E-state index contributed by atoms with van der Waals surface area (Å²) >= 11 is 0. The van der Waals surface area contributed by atoms with E-state index in [1.54, 1.807) is 0 Å². The maximum absolute atomic E-state index is 13.3. The van der Waals surface area contributed by atoms with Crippen molar-refractivity contribution in [3.05, 3.63) is 66.7 Å². The molecular formula is C25H26N4O2. The predicted molar refractivity (Wildman–Crippen MR) is 125 cm³/mol. The summed E-state index contributed by atoms with van der Waals surface area (Å²) in [5.41, 5.74) is 2.48. The largest absolute Gasteiger partial charge is 0.423 e. The summed E-state index contributed by atoms with van der Waals surface area (Å²) in [7, 11) is 0. The summed E-state index contributed by atoms with van der Waals surface area (Å²) in [6, 6.07) is 22.5. The van der Waals surface area contributed by atoms with Crippen molar-refractivity contribution in [3.8, 4) is 0 Å². The van der Waals surface area contributed by atoms with Gasteiger partial charge in [-0.3, -0.25) is 0 Å². The molecule has 6 nitrogen and oxygen atoms in total. The fraction of sp³-hybridized carbons (Fsp3) is 0.280. The minimum atomic E-state index is -0.0627. The molecule has 0 radical (unpaired) electrons. The second-order valence-corrected chi connectivity index (χ2v) is 8.37. The second kappa shape index (κ2) is 7.95. The van der Waals surface area contributed by atoms with Crippen molar-refractivity contribution in [1.29, 1.82) is 0 Å². The van der Waals surface area contributed by atoms with Gasteiger partial charge >= 0.3 is 6.03 Å². The molecule has 1 N–H and O–H groups in total. The van der Waals surface area contributed by atoms with Gasteiger partial charge in [-0.15, -0.1) is 0 Å². The number of oxazole rings is 1. The summed E-state index contributed by atoms with van der Waals surface area (Å²) in [5, 5.41) is 5.30. The molecule has 1 fully saturated rings. The van der Waals surface area contributed by atoms with Crippen LogP contribution in [-0.4, -0.2) is 41.6 Å². The van der Waals surface area contributed by atoms with Crippen LogP contribution in [0.1, 0.15) is 13.8 Å². The normalized spacial score (nSPS) is 16.9. The molecule has 1 saturated heterocycles. The molecule has 2 amide bonds. The molecule has 4 aromatic rings. The lowest BCUT2D eigenvalue weighted by Gasteiger charge is -2.42. The number of para-hydroxylation sites is 2. The molecular weight excluding hydrogens is 388 g/mol. The zero-order chi connectivity index (χ0) is 21.4. The molecule has 1 atom stereocenters. The summed E-state index contributed by atoms with van der Waals surface area (Å²) in [5.74, 6) is 0.297. The molecule has 2 heterocycles. The van der Waals surface area contributed by atoms with Crippen molar-refractivity contribution in [1.82, 2.24) is 9.88 Å². The third kappa shape index (κ3) is 3.69. The zero-order valence-electron chi connectivity index (χ0n) is 17.8. The van der Waals surface area contributed by atoms with Crippen LogP contribution in [0, 0.1) is 5.92 Å². The summed E-state index contributed by atoms with van der Waals surface area (Å²) in [6.07, 6.45) is 0. The van der Waals surface area contributed by atoms with Gasteiger partial charge in [0.05, 0.1) is 11.7 Å². The zero-order valence-corrected chi connectivity index (χ0v) is 17.8. The lowest BCUT2D eigenvalue weighted by atomic mass is 10.00. The number of benzene rings is 3. The van der Waals surface area contributed by atoms with Gasteiger partial charge in [0.1, 0.15) is 5.52 Å². The third-order valence-electron chi connectivity index (χ3n) is 6.03. The first-order valence-corrected chi connectivity index (χ1v) is 10.8. The van der Waals surface area contributed by atoms with Gasteiger partial charge in [-0.2, -0.15) is 4.98 Å². The summed E-state index contributed by atoms with van der Waals surface area (Å²) in [4.78, 5) is 22.0. The lowest BCUT2D eigenvalue weighted by molar-refractivity contribution is 0.154. The van der Waals surface area contributed by atoms with E-state index in [1.807, 2.05) is 59.5 Å². The van der Waals surface area contributed by atoms with E-state index in [9.17, 15) is 4.79 Å². The molecule has 6 heteroatoms. The number of nitrogens with one attached hydrogen (secondary N) is 1. The van der Waals surface area contributed by atoms with Crippen LogP contribution in [0.2, 0.25) is 0 Å². The minimum absolute atomic E-state index is 0.0544. The molecule has 158 valence electrons. The highest BCUT2D eigenvalue weighted by Gasteiger charge is 2.34. The van der Waals surface area contributed by atoms with Gasteiger partial charge in [-0.25, -0.2) is 4.79 Å². The molecule has 0 spiro atoms. The molecule has 1 aliphatic heterocycles. The molecule has 1 unspecified atom stereocenters. The van der Waals surface area contributed by atoms with E-state index in [4.69, 9.17) is 4.42 Å². The number of amides is 2. The SMILES string of the molecule is CC(C)C1CN(c2nc3ccccc3o2)CCN1C(=O)Nc1cccc2ccccc12. The molecule has 3 aromatic carbocycles.